The number of aromatic carboxylic acids is 1. The first-order chi connectivity index (χ1) is 10.0. The molecule has 1 aromatic rings. The summed E-state index contributed by atoms with van der Waals surface area (Å²) in [6, 6.07) is 3.29. The second-order valence-corrected chi connectivity index (χ2v) is 6.00. The number of hydrogen-bond donors (Lipinski definition) is 2. The van der Waals surface area contributed by atoms with E-state index in [9.17, 15) is 9.90 Å². The minimum Gasteiger partial charge on any atom is -0.478 e. The van der Waals surface area contributed by atoms with Gasteiger partial charge in [-0.3, -0.25) is 5.14 Å². The Morgan fingerprint density at radius 1 is 1.29 bits per heavy atom. The predicted molar refractivity (Wildman–Crippen MR) is 90.5 cm³/mol. The number of unbranched alkanes of at least 4 members (excludes halogenated alkanes) is 2. The van der Waals surface area contributed by atoms with Crippen LogP contribution in [-0.4, -0.2) is 24.2 Å². The molecule has 0 heterocycles. The summed E-state index contributed by atoms with van der Waals surface area (Å²) < 4.78 is 0. The zero-order valence-corrected chi connectivity index (χ0v) is 14.1. The third-order valence-corrected chi connectivity index (χ3v) is 4.33. The first-order valence-corrected chi connectivity index (χ1v) is 8.49. The van der Waals surface area contributed by atoms with Crippen LogP contribution in [0.1, 0.15) is 49.9 Å². The lowest BCUT2D eigenvalue weighted by Gasteiger charge is -2.27. The van der Waals surface area contributed by atoms with Gasteiger partial charge in [-0.2, -0.15) is 0 Å². The van der Waals surface area contributed by atoms with E-state index in [1.54, 1.807) is 12.1 Å². The van der Waals surface area contributed by atoms with Crippen LogP contribution in [0.25, 0.3) is 0 Å². The molecule has 6 heteroatoms. The number of hydrogen-bond acceptors (Lipinski definition) is 4. The van der Waals surface area contributed by atoms with Crippen molar-refractivity contribution in [3.05, 3.63) is 22.7 Å². The van der Waals surface area contributed by atoms with Crippen LogP contribution in [0.5, 0.6) is 0 Å². The Balaban J connectivity index is 3.20. The molecule has 0 atom stereocenters. The zero-order chi connectivity index (χ0) is 15.8. The average Bonchev–Trinajstić information content (AvgIpc) is 2.47. The van der Waals surface area contributed by atoms with Crippen LogP contribution in [0.2, 0.25) is 5.02 Å². The molecule has 118 valence electrons. The van der Waals surface area contributed by atoms with Crippen molar-refractivity contribution in [3.8, 4) is 0 Å². The van der Waals surface area contributed by atoms with Crippen molar-refractivity contribution in [2.75, 3.05) is 18.0 Å². The highest BCUT2D eigenvalue weighted by molar-refractivity contribution is 7.97. The lowest BCUT2D eigenvalue weighted by atomic mass is 10.1. The second-order valence-electron chi connectivity index (χ2n) is 4.92. The van der Waals surface area contributed by atoms with Gasteiger partial charge in [0.15, 0.2) is 0 Å². The molecule has 21 heavy (non-hydrogen) atoms. The van der Waals surface area contributed by atoms with Gasteiger partial charge in [0.25, 0.3) is 0 Å². The Labute approximate surface area is 135 Å². The summed E-state index contributed by atoms with van der Waals surface area (Å²) in [6.45, 7) is 5.92. The molecule has 0 amide bonds. The van der Waals surface area contributed by atoms with Gasteiger partial charge in [-0.1, -0.05) is 38.3 Å². The topological polar surface area (TPSA) is 66.6 Å². The fourth-order valence-electron chi connectivity index (χ4n) is 2.12. The van der Waals surface area contributed by atoms with Gasteiger partial charge in [0, 0.05) is 18.0 Å². The molecule has 3 N–H and O–H groups in total. The third kappa shape index (κ3) is 5.09. The quantitative estimate of drug-likeness (QED) is 0.656. The fourth-order valence-corrected chi connectivity index (χ4v) is 2.77. The smallest absolute Gasteiger partial charge is 0.337 e. The van der Waals surface area contributed by atoms with E-state index < -0.39 is 5.97 Å². The first kappa shape index (κ1) is 18.1. The van der Waals surface area contributed by atoms with E-state index in [2.05, 4.69) is 18.7 Å². The second kappa shape index (κ2) is 9.18. The van der Waals surface area contributed by atoms with Crippen molar-refractivity contribution in [3.63, 3.8) is 0 Å². The lowest BCUT2D eigenvalue weighted by molar-refractivity contribution is 0.0697. The van der Waals surface area contributed by atoms with Crippen molar-refractivity contribution in [1.82, 2.24) is 0 Å². The molecule has 1 aromatic carbocycles. The zero-order valence-electron chi connectivity index (χ0n) is 12.6. The van der Waals surface area contributed by atoms with E-state index in [1.165, 1.54) is 0 Å². The molecule has 0 bridgehead atoms. The lowest BCUT2D eigenvalue weighted by Crippen LogP contribution is -2.27. The van der Waals surface area contributed by atoms with Gasteiger partial charge < -0.3 is 10.0 Å². The molecular weight excluding hydrogens is 308 g/mol. The maximum Gasteiger partial charge on any atom is 0.337 e. The number of rotatable bonds is 9. The highest BCUT2D eigenvalue weighted by atomic mass is 35.5. The minimum absolute atomic E-state index is 0.263. The number of nitrogens with two attached hydrogens (primary N) is 1. The summed E-state index contributed by atoms with van der Waals surface area (Å²) in [4.78, 5) is 14.2. The van der Waals surface area contributed by atoms with E-state index in [4.69, 9.17) is 16.7 Å². The van der Waals surface area contributed by atoms with Gasteiger partial charge in [0.2, 0.25) is 0 Å². The van der Waals surface area contributed by atoms with Gasteiger partial charge in [-0.15, -0.1) is 0 Å². The molecule has 0 aliphatic rings. The van der Waals surface area contributed by atoms with Crippen molar-refractivity contribution in [1.29, 1.82) is 0 Å². The average molecular weight is 331 g/mol. The van der Waals surface area contributed by atoms with Gasteiger partial charge in [0.1, 0.15) is 0 Å². The number of nitrogens with zero attached hydrogens (tertiary/aromatic N) is 1. The van der Waals surface area contributed by atoms with Crippen molar-refractivity contribution >= 4 is 35.2 Å². The molecule has 0 aliphatic carbocycles. The van der Waals surface area contributed by atoms with Gasteiger partial charge >= 0.3 is 5.97 Å². The predicted octanol–water partition coefficient (Wildman–Crippen LogP) is 4.41. The molecular formula is C15H23ClN2O2S. The minimum atomic E-state index is -0.949. The number of carboxylic acids is 1. The van der Waals surface area contributed by atoms with Gasteiger partial charge in [-0.05, 0) is 36.9 Å². The molecule has 1 rings (SSSR count). The van der Waals surface area contributed by atoms with Crippen LogP contribution in [0, 0.1) is 0 Å². The van der Waals surface area contributed by atoms with E-state index >= 15 is 0 Å². The molecule has 0 aromatic heterocycles. The number of anilines is 1. The van der Waals surface area contributed by atoms with Gasteiger partial charge in [-0.25, -0.2) is 4.79 Å². The Morgan fingerprint density at radius 2 is 1.86 bits per heavy atom. The summed E-state index contributed by atoms with van der Waals surface area (Å²) >= 11 is 7.17. The van der Waals surface area contributed by atoms with Crippen LogP contribution in [0.3, 0.4) is 0 Å². The third-order valence-electron chi connectivity index (χ3n) is 3.31. The summed E-state index contributed by atoms with van der Waals surface area (Å²) in [5.74, 6) is -0.949. The van der Waals surface area contributed by atoms with Crippen molar-refractivity contribution < 1.29 is 9.90 Å². The molecule has 4 nitrogen and oxygen atoms in total. The highest BCUT2D eigenvalue weighted by Crippen LogP contribution is 2.32. The van der Waals surface area contributed by atoms with Gasteiger partial charge in [0.05, 0.1) is 16.3 Å². The van der Waals surface area contributed by atoms with Crippen LogP contribution in [0.15, 0.2) is 17.0 Å². The largest absolute Gasteiger partial charge is 0.478 e. The molecule has 0 fully saturated rings. The molecule has 0 saturated carbocycles. The fraction of sp³-hybridized carbons (Fsp3) is 0.533. The summed E-state index contributed by atoms with van der Waals surface area (Å²) in [7, 11) is 0. The SMILES string of the molecule is CCCCN(CCCC)c1cc(Cl)c(SN)cc1C(=O)O. The molecule has 0 aliphatic heterocycles. The monoisotopic (exact) mass is 330 g/mol. The van der Waals surface area contributed by atoms with E-state index in [-0.39, 0.29) is 5.56 Å². The van der Waals surface area contributed by atoms with Crippen molar-refractivity contribution in [2.24, 2.45) is 5.14 Å². The summed E-state index contributed by atoms with van der Waals surface area (Å²) in [5.41, 5.74) is 0.951. The number of halogens is 1. The Morgan fingerprint density at radius 3 is 2.29 bits per heavy atom. The van der Waals surface area contributed by atoms with E-state index in [0.717, 1.165) is 50.7 Å². The standard InChI is InChI=1S/C15H23ClN2O2S/c1-3-5-7-18(8-6-4-2)13-10-12(16)14(21-17)9-11(13)15(19)20/h9-10H,3-8,17H2,1-2H3,(H,19,20). The van der Waals surface area contributed by atoms with E-state index in [1.807, 2.05) is 0 Å². The first-order valence-electron chi connectivity index (χ1n) is 7.23. The Kier molecular flexibility index (Phi) is 7.93. The van der Waals surface area contributed by atoms with E-state index in [0.29, 0.717) is 15.6 Å². The summed E-state index contributed by atoms with van der Waals surface area (Å²) in [6.07, 6.45) is 4.17. The van der Waals surface area contributed by atoms with Crippen LogP contribution in [0.4, 0.5) is 5.69 Å². The molecule has 0 spiro atoms. The Hall–Kier alpha value is -0.910. The molecule has 0 saturated heterocycles. The Bertz CT molecular complexity index is 475. The maximum absolute atomic E-state index is 11.5. The van der Waals surface area contributed by atoms with Crippen molar-refractivity contribution in [2.45, 2.75) is 44.4 Å². The molecule has 0 unspecified atom stereocenters. The van der Waals surface area contributed by atoms with Crippen LogP contribution >= 0.6 is 23.5 Å². The maximum atomic E-state index is 11.5. The normalized spacial score (nSPS) is 10.7. The number of carbonyl (C=O) groups is 1. The molecule has 0 radical (unpaired) electrons. The summed E-state index contributed by atoms with van der Waals surface area (Å²) in [5, 5.41) is 15.5. The van der Waals surface area contributed by atoms with Crippen LogP contribution < -0.4 is 10.0 Å². The number of benzene rings is 1. The van der Waals surface area contributed by atoms with Crippen LogP contribution in [-0.2, 0) is 0 Å². The number of carboxylic acid groups (broad SMARTS) is 1. The highest BCUT2D eigenvalue weighted by Gasteiger charge is 2.18.